The van der Waals surface area contributed by atoms with Crippen molar-refractivity contribution < 1.29 is 13.9 Å². The molecule has 0 radical (unpaired) electrons. The SMILES string of the molecule is COC(=O)[C@@H](NCc1cccc(-n2cncn2)c1)c1ccc(F)cc1. The number of carbonyl (C=O) groups is 1. The molecule has 1 heterocycles. The van der Waals surface area contributed by atoms with Crippen LogP contribution >= 0.6 is 0 Å². The Morgan fingerprint density at radius 3 is 2.76 bits per heavy atom. The van der Waals surface area contributed by atoms with Crippen molar-refractivity contribution in [2.24, 2.45) is 0 Å². The minimum absolute atomic E-state index is 0.354. The molecule has 1 aromatic heterocycles. The maximum atomic E-state index is 13.1. The van der Waals surface area contributed by atoms with E-state index < -0.39 is 12.0 Å². The summed E-state index contributed by atoms with van der Waals surface area (Å²) in [6.45, 7) is 0.430. The number of benzene rings is 2. The highest BCUT2D eigenvalue weighted by molar-refractivity contribution is 5.77. The smallest absolute Gasteiger partial charge is 0.327 e. The zero-order valence-electron chi connectivity index (χ0n) is 13.6. The lowest BCUT2D eigenvalue weighted by Gasteiger charge is -2.17. The number of ether oxygens (including phenoxy) is 1. The summed E-state index contributed by atoms with van der Waals surface area (Å²) in [4.78, 5) is 16.0. The molecular formula is C18H17FN4O2. The first-order chi connectivity index (χ1) is 12.2. The van der Waals surface area contributed by atoms with Crippen LogP contribution in [0.1, 0.15) is 17.2 Å². The minimum Gasteiger partial charge on any atom is -0.468 e. The standard InChI is InChI=1S/C18H17FN4O2/c1-25-18(24)17(14-5-7-15(19)8-6-14)21-10-13-3-2-4-16(9-13)23-12-20-11-22-23/h2-9,11-12,17,21H,10H2,1H3/t17-/m0/s1. The lowest BCUT2D eigenvalue weighted by molar-refractivity contribution is -0.143. The fourth-order valence-corrected chi connectivity index (χ4v) is 2.48. The highest BCUT2D eigenvalue weighted by atomic mass is 19.1. The van der Waals surface area contributed by atoms with E-state index >= 15 is 0 Å². The van der Waals surface area contributed by atoms with Crippen LogP contribution in [0.3, 0.4) is 0 Å². The topological polar surface area (TPSA) is 69.0 Å². The van der Waals surface area contributed by atoms with Crippen molar-refractivity contribution in [3.05, 3.63) is 78.1 Å². The van der Waals surface area contributed by atoms with E-state index in [9.17, 15) is 9.18 Å². The molecule has 0 aliphatic heterocycles. The Morgan fingerprint density at radius 1 is 1.28 bits per heavy atom. The number of rotatable bonds is 6. The van der Waals surface area contributed by atoms with Crippen LogP contribution in [0.15, 0.2) is 61.2 Å². The van der Waals surface area contributed by atoms with Gasteiger partial charge < -0.3 is 4.74 Å². The molecule has 0 saturated heterocycles. The number of aromatic nitrogens is 3. The second-order valence-corrected chi connectivity index (χ2v) is 5.40. The van der Waals surface area contributed by atoms with E-state index in [-0.39, 0.29) is 5.82 Å². The second-order valence-electron chi connectivity index (χ2n) is 5.40. The number of esters is 1. The Hall–Kier alpha value is -3.06. The van der Waals surface area contributed by atoms with Gasteiger partial charge in [0.15, 0.2) is 0 Å². The molecule has 128 valence electrons. The molecule has 0 saturated carbocycles. The van der Waals surface area contributed by atoms with Crippen molar-refractivity contribution in [1.82, 2.24) is 20.1 Å². The number of nitrogens with zero attached hydrogens (tertiary/aromatic N) is 3. The van der Waals surface area contributed by atoms with Crippen molar-refractivity contribution in [2.75, 3.05) is 7.11 Å². The van der Waals surface area contributed by atoms with Crippen LogP contribution in [-0.2, 0) is 16.1 Å². The van der Waals surface area contributed by atoms with E-state index in [0.717, 1.165) is 11.3 Å². The van der Waals surface area contributed by atoms with Gasteiger partial charge in [0.1, 0.15) is 24.5 Å². The van der Waals surface area contributed by atoms with Gasteiger partial charge in [0.25, 0.3) is 0 Å². The first kappa shape index (κ1) is 16.8. The van der Waals surface area contributed by atoms with Crippen LogP contribution in [0.2, 0.25) is 0 Å². The fraction of sp³-hybridized carbons (Fsp3) is 0.167. The average molecular weight is 340 g/mol. The number of hydrogen-bond donors (Lipinski definition) is 1. The quantitative estimate of drug-likeness (QED) is 0.698. The molecule has 3 rings (SSSR count). The van der Waals surface area contributed by atoms with Gasteiger partial charge in [0.2, 0.25) is 0 Å². The summed E-state index contributed by atoms with van der Waals surface area (Å²) in [6, 6.07) is 12.8. The molecule has 1 N–H and O–H groups in total. The van der Waals surface area contributed by atoms with Crippen molar-refractivity contribution in [1.29, 1.82) is 0 Å². The number of nitrogens with one attached hydrogen (secondary N) is 1. The van der Waals surface area contributed by atoms with Crippen molar-refractivity contribution in [2.45, 2.75) is 12.6 Å². The van der Waals surface area contributed by atoms with E-state index in [1.165, 1.54) is 25.6 Å². The second kappa shape index (κ2) is 7.67. The predicted molar refractivity (Wildman–Crippen MR) is 89.4 cm³/mol. The van der Waals surface area contributed by atoms with Crippen LogP contribution in [0, 0.1) is 5.82 Å². The number of methoxy groups -OCH3 is 1. The molecule has 3 aromatic rings. The zero-order chi connectivity index (χ0) is 17.6. The first-order valence-corrected chi connectivity index (χ1v) is 7.68. The summed E-state index contributed by atoms with van der Waals surface area (Å²) in [6.07, 6.45) is 3.08. The molecule has 0 aliphatic rings. The Morgan fingerprint density at radius 2 is 2.08 bits per heavy atom. The number of hydrogen-bond acceptors (Lipinski definition) is 5. The Balaban J connectivity index is 1.76. The van der Waals surface area contributed by atoms with Gasteiger partial charge in [0.05, 0.1) is 12.8 Å². The van der Waals surface area contributed by atoms with Gasteiger partial charge in [-0.1, -0.05) is 24.3 Å². The molecule has 1 atom stereocenters. The van der Waals surface area contributed by atoms with Crippen LogP contribution in [0.5, 0.6) is 0 Å². The molecule has 0 fully saturated rings. The monoisotopic (exact) mass is 340 g/mol. The Bertz CT molecular complexity index is 835. The van der Waals surface area contributed by atoms with E-state index in [1.54, 1.807) is 23.1 Å². The normalized spacial score (nSPS) is 11.9. The third-order valence-corrected chi connectivity index (χ3v) is 3.74. The van der Waals surface area contributed by atoms with E-state index in [2.05, 4.69) is 15.4 Å². The van der Waals surface area contributed by atoms with Gasteiger partial charge in [-0.15, -0.1) is 0 Å². The average Bonchev–Trinajstić information content (AvgIpc) is 3.18. The molecule has 0 spiro atoms. The van der Waals surface area contributed by atoms with Gasteiger partial charge in [-0.25, -0.2) is 18.9 Å². The van der Waals surface area contributed by atoms with E-state index in [0.29, 0.717) is 12.1 Å². The third kappa shape index (κ3) is 4.07. The molecular weight excluding hydrogens is 323 g/mol. The fourth-order valence-electron chi connectivity index (χ4n) is 2.48. The van der Waals surface area contributed by atoms with E-state index in [4.69, 9.17) is 4.74 Å². The van der Waals surface area contributed by atoms with Gasteiger partial charge in [-0.05, 0) is 35.4 Å². The Labute approximate surface area is 144 Å². The maximum Gasteiger partial charge on any atom is 0.327 e. The molecule has 0 unspecified atom stereocenters. The highest BCUT2D eigenvalue weighted by Gasteiger charge is 2.20. The summed E-state index contributed by atoms with van der Waals surface area (Å²) in [5.74, 6) is -0.785. The lowest BCUT2D eigenvalue weighted by Crippen LogP contribution is -2.29. The summed E-state index contributed by atoms with van der Waals surface area (Å²) >= 11 is 0. The summed E-state index contributed by atoms with van der Waals surface area (Å²) in [7, 11) is 1.33. The van der Waals surface area contributed by atoms with Gasteiger partial charge in [-0.2, -0.15) is 5.10 Å². The van der Waals surface area contributed by atoms with E-state index in [1.807, 2.05) is 24.3 Å². The predicted octanol–water partition coefficient (Wildman–Crippen LogP) is 2.41. The number of halogens is 1. The molecule has 7 heteroatoms. The first-order valence-electron chi connectivity index (χ1n) is 7.68. The molecule has 25 heavy (non-hydrogen) atoms. The third-order valence-electron chi connectivity index (χ3n) is 3.74. The van der Waals surface area contributed by atoms with Crippen molar-refractivity contribution >= 4 is 5.97 Å². The minimum atomic E-state index is -0.680. The van der Waals surface area contributed by atoms with Crippen LogP contribution < -0.4 is 5.32 Å². The molecule has 2 aromatic carbocycles. The van der Waals surface area contributed by atoms with Gasteiger partial charge in [0, 0.05) is 6.54 Å². The Kier molecular flexibility index (Phi) is 5.15. The largest absolute Gasteiger partial charge is 0.468 e. The van der Waals surface area contributed by atoms with Crippen LogP contribution in [0.25, 0.3) is 5.69 Å². The maximum absolute atomic E-state index is 13.1. The summed E-state index contributed by atoms with van der Waals surface area (Å²) < 4.78 is 19.6. The van der Waals surface area contributed by atoms with Crippen LogP contribution in [-0.4, -0.2) is 27.8 Å². The van der Waals surface area contributed by atoms with Crippen molar-refractivity contribution in [3.63, 3.8) is 0 Å². The zero-order valence-corrected chi connectivity index (χ0v) is 13.6. The molecule has 0 aliphatic carbocycles. The van der Waals surface area contributed by atoms with Gasteiger partial charge >= 0.3 is 5.97 Å². The highest BCUT2D eigenvalue weighted by Crippen LogP contribution is 2.17. The summed E-state index contributed by atoms with van der Waals surface area (Å²) in [5.41, 5.74) is 2.47. The molecule has 0 amide bonds. The lowest BCUT2D eigenvalue weighted by atomic mass is 10.1. The number of carbonyl (C=O) groups excluding carboxylic acids is 1. The summed E-state index contributed by atoms with van der Waals surface area (Å²) in [5, 5.41) is 7.25. The van der Waals surface area contributed by atoms with Gasteiger partial charge in [-0.3, -0.25) is 5.32 Å². The molecule has 0 bridgehead atoms. The van der Waals surface area contributed by atoms with Crippen molar-refractivity contribution in [3.8, 4) is 5.69 Å². The van der Waals surface area contributed by atoms with Crippen LogP contribution in [0.4, 0.5) is 4.39 Å². The molecule has 6 nitrogen and oxygen atoms in total.